The Labute approximate surface area is 114 Å². The molecule has 1 aliphatic heterocycles. The zero-order chi connectivity index (χ0) is 12.3. The Bertz CT molecular complexity index is 441. The van der Waals surface area contributed by atoms with Gasteiger partial charge < -0.3 is 4.74 Å². The van der Waals surface area contributed by atoms with Gasteiger partial charge in [0.2, 0.25) is 0 Å². The molecule has 17 heavy (non-hydrogen) atoms. The third kappa shape index (κ3) is 2.99. The van der Waals surface area contributed by atoms with Gasteiger partial charge >= 0.3 is 0 Å². The van der Waals surface area contributed by atoms with E-state index >= 15 is 0 Å². The molecule has 3 nitrogen and oxygen atoms in total. The van der Waals surface area contributed by atoms with Gasteiger partial charge in [0.1, 0.15) is 6.04 Å². The molecule has 0 aliphatic carbocycles. The minimum absolute atomic E-state index is 0.245. The van der Waals surface area contributed by atoms with Crippen LogP contribution in [-0.2, 0) is 4.74 Å². The molecular formula is C12H12BrClN2O. The molecular weight excluding hydrogens is 304 g/mol. The molecule has 1 atom stereocenters. The van der Waals surface area contributed by atoms with Gasteiger partial charge in [0, 0.05) is 22.6 Å². The fourth-order valence-electron chi connectivity index (χ4n) is 1.91. The second-order valence-electron chi connectivity index (χ2n) is 3.85. The molecule has 90 valence electrons. The van der Waals surface area contributed by atoms with E-state index in [0.29, 0.717) is 18.2 Å². The van der Waals surface area contributed by atoms with Gasteiger partial charge in [-0.3, -0.25) is 4.90 Å². The van der Waals surface area contributed by atoms with Gasteiger partial charge in [0.05, 0.1) is 19.3 Å². The molecule has 1 aromatic rings. The van der Waals surface area contributed by atoms with Crippen LogP contribution >= 0.6 is 27.5 Å². The third-order valence-corrected chi connectivity index (χ3v) is 3.71. The summed E-state index contributed by atoms with van der Waals surface area (Å²) in [7, 11) is 0. The van der Waals surface area contributed by atoms with Crippen molar-refractivity contribution >= 4 is 27.5 Å². The van der Waals surface area contributed by atoms with Crippen LogP contribution < -0.4 is 0 Å². The fraction of sp³-hybridized carbons (Fsp3) is 0.417. The normalized spacial score (nSPS) is 18.6. The lowest BCUT2D eigenvalue weighted by Crippen LogP contribution is -2.38. The van der Waals surface area contributed by atoms with Gasteiger partial charge in [-0.15, -0.1) is 0 Å². The molecule has 1 fully saturated rings. The number of nitrogens with zero attached hydrogens (tertiary/aromatic N) is 2. The molecule has 0 spiro atoms. The maximum absolute atomic E-state index is 9.34. The quantitative estimate of drug-likeness (QED) is 0.842. The van der Waals surface area contributed by atoms with E-state index in [2.05, 4.69) is 26.9 Å². The Kier molecular flexibility index (Phi) is 4.41. The first-order chi connectivity index (χ1) is 8.22. The van der Waals surface area contributed by atoms with Gasteiger partial charge in [-0.1, -0.05) is 33.6 Å². The Morgan fingerprint density at radius 2 is 2.12 bits per heavy atom. The molecule has 2 rings (SSSR count). The van der Waals surface area contributed by atoms with Crippen molar-refractivity contribution in [3.63, 3.8) is 0 Å². The van der Waals surface area contributed by atoms with Crippen LogP contribution in [0.4, 0.5) is 0 Å². The van der Waals surface area contributed by atoms with Gasteiger partial charge in [-0.2, -0.15) is 5.26 Å². The van der Waals surface area contributed by atoms with Crippen LogP contribution in [0.3, 0.4) is 0 Å². The molecule has 0 N–H and O–H groups in total. The predicted molar refractivity (Wildman–Crippen MR) is 69.9 cm³/mol. The summed E-state index contributed by atoms with van der Waals surface area (Å²) >= 11 is 9.37. The molecule has 0 radical (unpaired) electrons. The lowest BCUT2D eigenvalue weighted by atomic mass is 10.1. The van der Waals surface area contributed by atoms with Crippen molar-refractivity contribution in [3.05, 3.63) is 33.3 Å². The Hall–Kier alpha value is -0.600. The molecule has 1 unspecified atom stereocenters. The van der Waals surface area contributed by atoms with Crippen LogP contribution in [-0.4, -0.2) is 31.2 Å². The second kappa shape index (κ2) is 5.83. The van der Waals surface area contributed by atoms with E-state index < -0.39 is 0 Å². The number of ether oxygens (including phenoxy) is 1. The summed E-state index contributed by atoms with van der Waals surface area (Å²) in [5.41, 5.74) is 0.957. The number of hydrogen-bond acceptors (Lipinski definition) is 3. The Balaban J connectivity index is 2.25. The molecule has 0 aromatic heterocycles. The monoisotopic (exact) mass is 314 g/mol. The zero-order valence-electron chi connectivity index (χ0n) is 9.20. The molecule has 1 heterocycles. The summed E-state index contributed by atoms with van der Waals surface area (Å²) in [6.45, 7) is 2.94. The average Bonchev–Trinajstić information content (AvgIpc) is 2.34. The standard InChI is InChI=1S/C12H12BrClN2O/c13-11-7-9(14)1-2-10(11)12(8-15)16-3-5-17-6-4-16/h1-2,7,12H,3-6H2. The van der Waals surface area contributed by atoms with E-state index in [-0.39, 0.29) is 6.04 Å². The number of halogens is 2. The number of nitriles is 1. The summed E-state index contributed by atoms with van der Waals surface area (Å²) in [5, 5.41) is 10.0. The average molecular weight is 316 g/mol. The van der Waals surface area contributed by atoms with Gasteiger partial charge in [-0.05, 0) is 17.7 Å². The number of benzene rings is 1. The second-order valence-corrected chi connectivity index (χ2v) is 5.14. The van der Waals surface area contributed by atoms with Gasteiger partial charge in [0.25, 0.3) is 0 Å². The molecule has 0 bridgehead atoms. The van der Waals surface area contributed by atoms with Crippen LogP contribution in [0.15, 0.2) is 22.7 Å². The van der Waals surface area contributed by atoms with E-state index in [1.807, 2.05) is 18.2 Å². The van der Waals surface area contributed by atoms with Crippen LogP contribution in [0.2, 0.25) is 5.02 Å². The van der Waals surface area contributed by atoms with Crippen molar-refractivity contribution in [1.29, 1.82) is 5.26 Å². The van der Waals surface area contributed by atoms with Gasteiger partial charge in [-0.25, -0.2) is 0 Å². The predicted octanol–water partition coefficient (Wildman–Crippen LogP) is 3.00. The summed E-state index contributed by atoms with van der Waals surface area (Å²) < 4.78 is 6.17. The number of hydrogen-bond donors (Lipinski definition) is 0. The number of rotatable bonds is 2. The maximum Gasteiger partial charge on any atom is 0.125 e. The van der Waals surface area contributed by atoms with E-state index in [9.17, 15) is 5.26 Å². The van der Waals surface area contributed by atoms with E-state index in [1.165, 1.54) is 0 Å². The van der Waals surface area contributed by atoms with Crippen molar-refractivity contribution in [2.24, 2.45) is 0 Å². The maximum atomic E-state index is 9.34. The molecule has 1 aromatic carbocycles. The highest BCUT2D eigenvalue weighted by molar-refractivity contribution is 9.10. The highest BCUT2D eigenvalue weighted by Gasteiger charge is 2.23. The van der Waals surface area contributed by atoms with Crippen molar-refractivity contribution < 1.29 is 4.74 Å². The summed E-state index contributed by atoms with van der Waals surface area (Å²) in [4.78, 5) is 2.12. The molecule has 1 saturated heterocycles. The minimum atomic E-state index is -0.245. The molecule has 1 aliphatic rings. The number of morpholine rings is 1. The largest absolute Gasteiger partial charge is 0.379 e. The highest BCUT2D eigenvalue weighted by Crippen LogP contribution is 2.30. The van der Waals surface area contributed by atoms with Gasteiger partial charge in [0.15, 0.2) is 0 Å². The zero-order valence-corrected chi connectivity index (χ0v) is 11.5. The van der Waals surface area contributed by atoms with E-state index in [1.54, 1.807) is 0 Å². The summed E-state index contributed by atoms with van der Waals surface area (Å²) in [6.07, 6.45) is 0. The van der Waals surface area contributed by atoms with Crippen LogP contribution in [0.5, 0.6) is 0 Å². The van der Waals surface area contributed by atoms with Crippen molar-refractivity contribution in [1.82, 2.24) is 4.90 Å². The fourth-order valence-corrected chi connectivity index (χ4v) is 2.81. The summed E-state index contributed by atoms with van der Waals surface area (Å²) in [6, 6.07) is 7.63. The first-order valence-corrected chi connectivity index (χ1v) is 6.56. The molecule has 0 amide bonds. The lowest BCUT2D eigenvalue weighted by molar-refractivity contribution is 0.0265. The lowest BCUT2D eigenvalue weighted by Gasteiger charge is -2.31. The molecule has 5 heteroatoms. The van der Waals surface area contributed by atoms with E-state index in [4.69, 9.17) is 16.3 Å². The summed E-state index contributed by atoms with van der Waals surface area (Å²) in [5.74, 6) is 0. The van der Waals surface area contributed by atoms with Crippen LogP contribution in [0.1, 0.15) is 11.6 Å². The van der Waals surface area contributed by atoms with Crippen molar-refractivity contribution in [2.45, 2.75) is 6.04 Å². The Morgan fingerprint density at radius 3 is 2.71 bits per heavy atom. The SMILES string of the molecule is N#CC(c1ccc(Cl)cc1Br)N1CCOCC1. The van der Waals surface area contributed by atoms with Crippen LogP contribution in [0.25, 0.3) is 0 Å². The van der Waals surface area contributed by atoms with Crippen molar-refractivity contribution in [3.8, 4) is 6.07 Å². The minimum Gasteiger partial charge on any atom is -0.379 e. The first-order valence-electron chi connectivity index (χ1n) is 5.38. The molecule has 0 saturated carbocycles. The topological polar surface area (TPSA) is 36.3 Å². The first kappa shape index (κ1) is 12.8. The van der Waals surface area contributed by atoms with E-state index in [0.717, 1.165) is 23.1 Å². The van der Waals surface area contributed by atoms with Crippen molar-refractivity contribution in [2.75, 3.05) is 26.3 Å². The third-order valence-electron chi connectivity index (χ3n) is 2.79. The Morgan fingerprint density at radius 1 is 1.41 bits per heavy atom. The smallest absolute Gasteiger partial charge is 0.125 e. The highest BCUT2D eigenvalue weighted by atomic mass is 79.9. The van der Waals surface area contributed by atoms with Crippen LogP contribution in [0, 0.1) is 11.3 Å².